The smallest absolute Gasteiger partial charge is 0.186 e. The van der Waals surface area contributed by atoms with Crippen molar-refractivity contribution in [3.8, 4) is 0 Å². The molecular weight excluding hydrogens is 388 g/mol. The fourth-order valence-corrected chi connectivity index (χ4v) is 3.65. The predicted octanol–water partition coefficient (Wildman–Crippen LogP) is -1.66. The largest absolute Gasteiger partial charge is 0.388 e. The molecule has 2 fully saturated rings. The molecule has 1 unspecified atom stereocenters. The summed E-state index contributed by atoms with van der Waals surface area (Å²) in [5, 5.41) is 59.5. The predicted molar refractivity (Wildman–Crippen MR) is 99.6 cm³/mol. The maximum Gasteiger partial charge on any atom is 0.186 e. The van der Waals surface area contributed by atoms with Crippen molar-refractivity contribution in [2.45, 2.75) is 88.9 Å². The fraction of sp³-hybridized carbons (Fsp3) is 1.00. The molecule has 0 bridgehead atoms. The summed E-state index contributed by atoms with van der Waals surface area (Å²) in [7, 11) is 0. The zero-order valence-corrected chi connectivity index (χ0v) is 17.2. The van der Waals surface area contributed by atoms with E-state index in [4.69, 9.17) is 18.9 Å². The number of aliphatic hydroxyl groups is 6. The Morgan fingerprint density at radius 2 is 1.52 bits per heavy atom. The minimum Gasteiger partial charge on any atom is -0.388 e. The highest BCUT2D eigenvalue weighted by Gasteiger charge is 2.45. The van der Waals surface area contributed by atoms with Gasteiger partial charge in [0.15, 0.2) is 12.6 Å². The van der Waals surface area contributed by atoms with Crippen molar-refractivity contribution in [3.05, 3.63) is 0 Å². The van der Waals surface area contributed by atoms with Crippen LogP contribution in [0, 0.1) is 11.8 Å². The molecule has 0 radical (unpaired) electrons. The lowest BCUT2D eigenvalue weighted by Crippen LogP contribution is -2.60. The number of hydrogen-bond acceptors (Lipinski definition) is 10. The van der Waals surface area contributed by atoms with E-state index in [0.717, 1.165) is 12.8 Å². The van der Waals surface area contributed by atoms with Crippen molar-refractivity contribution in [1.29, 1.82) is 0 Å². The molecule has 10 heteroatoms. The summed E-state index contributed by atoms with van der Waals surface area (Å²) < 4.78 is 21.7. The summed E-state index contributed by atoms with van der Waals surface area (Å²) in [6.07, 6.45) is -10.2. The first-order valence-electron chi connectivity index (χ1n) is 10.3. The molecule has 0 aliphatic carbocycles. The molecule has 2 aliphatic rings. The van der Waals surface area contributed by atoms with Gasteiger partial charge in [0.2, 0.25) is 0 Å². The van der Waals surface area contributed by atoms with E-state index in [0.29, 0.717) is 18.4 Å². The van der Waals surface area contributed by atoms with Gasteiger partial charge in [-0.15, -0.1) is 0 Å². The van der Waals surface area contributed by atoms with Crippen molar-refractivity contribution >= 4 is 0 Å². The van der Waals surface area contributed by atoms with Crippen LogP contribution in [-0.2, 0) is 18.9 Å². The lowest BCUT2D eigenvalue weighted by atomic mass is 9.90. The Kier molecular flexibility index (Phi) is 9.68. The molecule has 29 heavy (non-hydrogen) atoms. The average molecular weight is 424 g/mol. The third kappa shape index (κ3) is 6.30. The summed E-state index contributed by atoms with van der Waals surface area (Å²) in [6.45, 7) is 6.17. The van der Waals surface area contributed by atoms with E-state index in [1.54, 1.807) is 0 Å². The number of hydrogen-bond donors (Lipinski definition) is 6. The van der Waals surface area contributed by atoms with Gasteiger partial charge in [-0.2, -0.15) is 0 Å². The summed E-state index contributed by atoms with van der Waals surface area (Å²) >= 11 is 0. The van der Waals surface area contributed by atoms with Crippen molar-refractivity contribution in [1.82, 2.24) is 0 Å². The Bertz CT molecular complexity index is 478. The van der Waals surface area contributed by atoms with Crippen LogP contribution in [0.3, 0.4) is 0 Å². The Hall–Kier alpha value is -0.400. The molecule has 0 aromatic carbocycles. The van der Waals surface area contributed by atoms with Gasteiger partial charge in [0.1, 0.15) is 42.7 Å². The molecule has 0 aromatic rings. The monoisotopic (exact) mass is 424 g/mol. The highest BCUT2D eigenvalue weighted by Crippen LogP contribution is 2.25. The molecule has 2 aliphatic heterocycles. The highest BCUT2D eigenvalue weighted by atomic mass is 16.7. The first kappa shape index (κ1) is 24.9. The molecule has 2 heterocycles. The first-order chi connectivity index (χ1) is 13.7. The molecule has 0 saturated carbocycles. The topological polar surface area (TPSA) is 158 Å². The van der Waals surface area contributed by atoms with Gasteiger partial charge in [-0.3, -0.25) is 0 Å². The average Bonchev–Trinajstić information content (AvgIpc) is 2.69. The summed E-state index contributed by atoms with van der Waals surface area (Å²) in [5.41, 5.74) is 0. The van der Waals surface area contributed by atoms with Crippen molar-refractivity contribution in [2.75, 3.05) is 19.8 Å². The molecular formula is C19H36O10. The van der Waals surface area contributed by atoms with E-state index in [2.05, 4.69) is 20.8 Å². The Balaban J connectivity index is 1.87. The van der Waals surface area contributed by atoms with Crippen molar-refractivity contribution in [2.24, 2.45) is 11.8 Å². The molecule has 2 saturated heterocycles. The van der Waals surface area contributed by atoms with Crippen LogP contribution < -0.4 is 0 Å². The first-order valence-corrected chi connectivity index (χ1v) is 10.3. The van der Waals surface area contributed by atoms with Crippen LogP contribution in [0.4, 0.5) is 0 Å². The lowest BCUT2D eigenvalue weighted by molar-refractivity contribution is -0.321. The second-order valence-electron chi connectivity index (χ2n) is 8.17. The zero-order chi connectivity index (χ0) is 21.7. The third-order valence-electron chi connectivity index (χ3n) is 5.79. The molecule has 0 amide bonds. The van der Waals surface area contributed by atoms with Crippen molar-refractivity contribution in [3.63, 3.8) is 0 Å². The van der Waals surface area contributed by atoms with E-state index >= 15 is 0 Å². The van der Waals surface area contributed by atoms with Crippen LogP contribution in [-0.4, -0.2) is 106 Å². The van der Waals surface area contributed by atoms with Crippen LogP contribution in [0.2, 0.25) is 0 Å². The molecule has 2 rings (SSSR count). The SMILES string of the molecule is CCC(CCO[C@@H]1O[C@H](CO[C@@H]2OC[C@@H](O)[C@H](O)[C@H]2O)[C@@H](O)[C@H](O)[C@H]1O)C(C)C. The van der Waals surface area contributed by atoms with Gasteiger partial charge in [-0.1, -0.05) is 27.2 Å². The molecule has 0 spiro atoms. The Morgan fingerprint density at radius 3 is 2.14 bits per heavy atom. The normalized spacial score (nSPS) is 42.2. The van der Waals surface area contributed by atoms with E-state index in [1.165, 1.54) is 0 Å². The molecule has 6 N–H and O–H groups in total. The maximum absolute atomic E-state index is 10.2. The number of aliphatic hydroxyl groups excluding tert-OH is 6. The number of rotatable bonds is 9. The standard InChI is InChI=1S/C19H36O10/c1-4-10(9(2)3)5-6-26-19-17(25)15(23)14(22)12(29-19)8-28-18-16(24)13(21)11(20)7-27-18/h9-25H,4-8H2,1-3H3/t10?,11-,12-,13+,14-,15+,16-,17-,18+,19-/m1/s1. The van der Waals surface area contributed by atoms with E-state index in [9.17, 15) is 30.6 Å². The second kappa shape index (κ2) is 11.3. The highest BCUT2D eigenvalue weighted by molar-refractivity contribution is 4.90. The molecule has 10 atom stereocenters. The Morgan fingerprint density at radius 1 is 0.862 bits per heavy atom. The van der Waals surface area contributed by atoms with Crippen LogP contribution in [0.5, 0.6) is 0 Å². The third-order valence-corrected chi connectivity index (χ3v) is 5.79. The molecule has 172 valence electrons. The molecule has 10 nitrogen and oxygen atoms in total. The summed E-state index contributed by atoms with van der Waals surface area (Å²) in [6, 6.07) is 0. The quantitative estimate of drug-likeness (QED) is 0.253. The van der Waals surface area contributed by atoms with Gasteiger partial charge in [0.05, 0.1) is 19.8 Å². The minimum absolute atomic E-state index is 0.224. The lowest BCUT2D eigenvalue weighted by Gasteiger charge is -2.41. The van der Waals surface area contributed by atoms with Crippen LogP contribution in [0.25, 0.3) is 0 Å². The second-order valence-corrected chi connectivity index (χ2v) is 8.17. The Labute approximate surface area is 171 Å². The van der Waals surface area contributed by atoms with Crippen molar-refractivity contribution < 1.29 is 49.6 Å². The number of ether oxygens (including phenoxy) is 4. The van der Waals surface area contributed by atoms with Crippen LogP contribution in [0.15, 0.2) is 0 Å². The maximum atomic E-state index is 10.2. The van der Waals surface area contributed by atoms with E-state index in [1.807, 2.05) is 0 Å². The zero-order valence-electron chi connectivity index (χ0n) is 17.2. The van der Waals surface area contributed by atoms with Gasteiger partial charge in [-0.05, 0) is 18.3 Å². The van der Waals surface area contributed by atoms with Crippen LogP contribution >= 0.6 is 0 Å². The van der Waals surface area contributed by atoms with E-state index < -0.39 is 55.3 Å². The van der Waals surface area contributed by atoms with Crippen LogP contribution in [0.1, 0.15) is 33.6 Å². The molecule has 0 aromatic heterocycles. The van der Waals surface area contributed by atoms with Gasteiger partial charge in [0.25, 0.3) is 0 Å². The summed E-state index contributed by atoms with van der Waals surface area (Å²) in [5.74, 6) is 0.947. The van der Waals surface area contributed by atoms with Gasteiger partial charge in [0, 0.05) is 0 Å². The minimum atomic E-state index is -1.50. The van der Waals surface area contributed by atoms with E-state index in [-0.39, 0.29) is 13.2 Å². The van der Waals surface area contributed by atoms with Gasteiger partial charge in [-0.25, -0.2) is 0 Å². The van der Waals surface area contributed by atoms with Gasteiger partial charge >= 0.3 is 0 Å². The van der Waals surface area contributed by atoms with Gasteiger partial charge < -0.3 is 49.6 Å². The summed E-state index contributed by atoms with van der Waals surface area (Å²) in [4.78, 5) is 0. The fourth-order valence-electron chi connectivity index (χ4n) is 3.65.